The van der Waals surface area contributed by atoms with Crippen molar-refractivity contribution in [3.05, 3.63) is 115 Å². The van der Waals surface area contributed by atoms with Gasteiger partial charge in [-0.2, -0.15) is 4.57 Å². The van der Waals surface area contributed by atoms with Gasteiger partial charge in [0.2, 0.25) is 12.3 Å². The zero-order chi connectivity index (χ0) is 23.1. The maximum Gasteiger partial charge on any atom is 0.410 e. The number of ketones is 1. The predicted molar refractivity (Wildman–Crippen MR) is 130 cm³/mol. The molecule has 0 atom stereocenters. The minimum atomic E-state index is -0.566. The minimum absolute atomic E-state index is 0.00937. The number of rotatable bonds is 5. The van der Waals surface area contributed by atoms with Crippen molar-refractivity contribution in [3.63, 3.8) is 0 Å². The molecule has 1 heterocycles. The van der Waals surface area contributed by atoms with Crippen LogP contribution in [0.4, 0.5) is 0 Å². The van der Waals surface area contributed by atoms with Crippen molar-refractivity contribution in [3.8, 4) is 5.75 Å². The second-order valence-corrected chi connectivity index (χ2v) is 8.19. The fourth-order valence-corrected chi connectivity index (χ4v) is 4.51. The number of aromatic nitrogens is 2. The van der Waals surface area contributed by atoms with Crippen LogP contribution >= 0.6 is 0 Å². The summed E-state index contributed by atoms with van der Waals surface area (Å²) in [5, 5.41) is 6.46. The average Bonchev–Trinajstić information content (AvgIpc) is 2.89. The number of benzene rings is 5. The summed E-state index contributed by atoms with van der Waals surface area (Å²) < 4.78 is 7.44. The smallest absolute Gasteiger partial charge is 0.410 e. The lowest BCUT2D eigenvalue weighted by Gasteiger charge is -2.13. The number of carbonyl (C=O) groups excluding carboxylic acids is 2. The Morgan fingerprint density at radius 3 is 2.26 bits per heavy atom. The SMILES string of the molecule is O=C(C[n+]1ccncc1C(=O)Oc1ccc2ccc3cccc4ccc1c2c34)c1ccccc1. The topological polar surface area (TPSA) is 60.1 Å². The van der Waals surface area contributed by atoms with Crippen LogP contribution in [-0.4, -0.2) is 16.7 Å². The molecule has 5 nitrogen and oxygen atoms in total. The molecular weight excluding hydrogens is 424 g/mol. The highest BCUT2D eigenvalue weighted by atomic mass is 16.5. The van der Waals surface area contributed by atoms with Crippen molar-refractivity contribution >= 4 is 44.1 Å². The van der Waals surface area contributed by atoms with Crippen molar-refractivity contribution in [2.24, 2.45) is 0 Å². The molecule has 0 unspecified atom stereocenters. The second kappa shape index (κ2) is 8.05. The average molecular weight is 443 g/mol. The molecule has 0 aliphatic heterocycles. The van der Waals surface area contributed by atoms with Gasteiger partial charge in [-0.3, -0.25) is 9.78 Å². The third-order valence-electron chi connectivity index (χ3n) is 6.15. The Labute approximate surface area is 195 Å². The van der Waals surface area contributed by atoms with Crippen LogP contribution in [-0.2, 0) is 6.54 Å². The molecule has 1 aromatic heterocycles. The highest BCUT2D eigenvalue weighted by Gasteiger charge is 2.25. The molecule has 0 amide bonds. The predicted octanol–water partition coefficient (Wildman–Crippen LogP) is 5.37. The second-order valence-electron chi connectivity index (χ2n) is 8.19. The van der Waals surface area contributed by atoms with Crippen LogP contribution in [0.3, 0.4) is 0 Å². The molecular formula is C29H19N2O3+. The van der Waals surface area contributed by atoms with E-state index in [0.717, 1.165) is 32.3 Å². The van der Waals surface area contributed by atoms with Gasteiger partial charge in [-0.05, 0) is 33.7 Å². The van der Waals surface area contributed by atoms with Crippen molar-refractivity contribution in [2.45, 2.75) is 6.54 Å². The lowest BCUT2D eigenvalue weighted by Crippen LogP contribution is -2.44. The quantitative estimate of drug-likeness (QED) is 0.118. The van der Waals surface area contributed by atoms with Gasteiger partial charge >= 0.3 is 11.7 Å². The molecule has 0 saturated heterocycles. The van der Waals surface area contributed by atoms with Crippen LogP contribution < -0.4 is 9.30 Å². The first-order chi connectivity index (χ1) is 16.7. The van der Waals surface area contributed by atoms with E-state index in [1.165, 1.54) is 6.20 Å². The fourth-order valence-electron chi connectivity index (χ4n) is 4.51. The molecule has 0 saturated carbocycles. The molecule has 6 aromatic rings. The molecule has 0 aliphatic carbocycles. The third kappa shape index (κ3) is 3.35. The normalized spacial score (nSPS) is 11.3. The van der Waals surface area contributed by atoms with Gasteiger partial charge < -0.3 is 4.74 Å². The Morgan fingerprint density at radius 2 is 1.47 bits per heavy atom. The summed E-state index contributed by atoms with van der Waals surface area (Å²) in [4.78, 5) is 30.0. The van der Waals surface area contributed by atoms with Crippen LogP contribution in [0.25, 0.3) is 32.3 Å². The maximum atomic E-state index is 13.2. The van der Waals surface area contributed by atoms with Gasteiger partial charge in [0.15, 0.2) is 6.20 Å². The van der Waals surface area contributed by atoms with Crippen LogP contribution in [0.1, 0.15) is 20.8 Å². The molecule has 0 fully saturated rings. The highest BCUT2D eigenvalue weighted by Crippen LogP contribution is 2.38. The lowest BCUT2D eigenvalue weighted by molar-refractivity contribution is -0.686. The number of Topliss-reactive ketones (excluding diaryl/α,β-unsaturated/α-hetero) is 1. The number of nitrogens with zero attached hydrogens (tertiary/aromatic N) is 2. The Balaban J connectivity index is 1.37. The van der Waals surface area contributed by atoms with Gasteiger partial charge in [0, 0.05) is 16.3 Å². The first-order valence-corrected chi connectivity index (χ1v) is 11.0. The number of carbonyl (C=O) groups is 2. The summed E-state index contributed by atoms with van der Waals surface area (Å²) >= 11 is 0. The Hall–Kier alpha value is -4.64. The molecule has 5 heteroatoms. The van der Waals surface area contributed by atoms with Crippen LogP contribution in [0.15, 0.2) is 104 Å². The third-order valence-corrected chi connectivity index (χ3v) is 6.15. The van der Waals surface area contributed by atoms with Gasteiger partial charge in [-0.25, -0.2) is 4.79 Å². The van der Waals surface area contributed by atoms with E-state index in [0.29, 0.717) is 11.3 Å². The van der Waals surface area contributed by atoms with Crippen molar-refractivity contribution in [2.75, 3.05) is 0 Å². The van der Waals surface area contributed by atoms with Gasteiger partial charge in [-0.15, -0.1) is 0 Å². The number of ether oxygens (including phenoxy) is 1. The van der Waals surface area contributed by atoms with Crippen molar-refractivity contribution in [1.82, 2.24) is 4.98 Å². The molecule has 0 spiro atoms. The van der Waals surface area contributed by atoms with E-state index in [1.807, 2.05) is 48.5 Å². The standard InChI is InChI=1S/C29H19N2O3/c32-25(19-5-2-1-3-6-19)18-31-16-15-30-17-24(31)29(33)34-26-14-12-22-10-9-20-7-4-8-21-11-13-23(26)28(22)27(20)21/h1-17H,18H2/q+1. The van der Waals surface area contributed by atoms with Gasteiger partial charge in [0.25, 0.3) is 0 Å². The highest BCUT2D eigenvalue weighted by molar-refractivity contribution is 6.24. The Morgan fingerprint density at radius 1 is 0.765 bits per heavy atom. The van der Waals surface area contributed by atoms with E-state index in [9.17, 15) is 9.59 Å². The van der Waals surface area contributed by atoms with Crippen molar-refractivity contribution in [1.29, 1.82) is 0 Å². The van der Waals surface area contributed by atoms with E-state index >= 15 is 0 Å². The monoisotopic (exact) mass is 443 g/mol. The molecule has 0 aliphatic rings. The van der Waals surface area contributed by atoms with Crippen LogP contribution in [0, 0.1) is 0 Å². The van der Waals surface area contributed by atoms with Gasteiger partial charge in [-0.1, -0.05) is 72.8 Å². The largest absolute Gasteiger partial charge is 0.418 e. The van der Waals surface area contributed by atoms with E-state index < -0.39 is 5.97 Å². The summed E-state index contributed by atoms with van der Waals surface area (Å²) in [5.74, 6) is -0.196. The molecule has 0 bridgehead atoms. The van der Waals surface area contributed by atoms with E-state index in [2.05, 4.69) is 29.2 Å². The number of esters is 1. The Bertz CT molecular complexity index is 1680. The maximum absolute atomic E-state index is 13.2. The van der Waals surface area contributed by atoms with Crippen LogP contribution in [0.5, 0.6) is 5.75 Å². The summed E-state index contributed by atoms with van der Waals surface area (Å²) in [6, 6.07) is 27.2. The van der Waals surface area contributed by atoms with Crippen molar-refractivity contribution < 1.29 is 18.9 Å². The fraction of sp³-hybridized carbons (Fsp3) is 0.0345. The minimum Gasteiger partial charge on any atom is -0.418 e. The van der Waals surface area contributed by atoms with Crippen LogP contribution in [0.2, 0.25) is 0 Å². The summed E-state index contributed by atoms with van der Waals surface area (Å²) in [6.45, 7) is 0.00937. The Kier molecular flexibility index (Phi) is 4.73. The molecule has 5 aromatic carbocycles. The van der Waals surface area contributed by atoms with E-state index in [1.54, 1.807) is 29.1 Å². The molecule has 0 radical (unpaired) electrons. The summed E-state index contributed by atoms with van der Waals surface area (Å²) in [7, 11) is 0. The van der Waals surface area contributed by atoms with E-state index in [-0.39, 0.29) is 18.0 Å². The zero-order valence-corrected chi connectivity index (χ0v) is 18.1. The first kappa shape index (κ1) is 20.0. The zero-order valence-electron chi connectivity index (χ0n) is 18.1. The summed E-state index contributed by atoms with van der Waals surface area (Å²) in [5.41, 5.74) is 0.787. The van der Waals surface area contributed by atoms with Gasteiger partial charge in [0.05, 0.1) is 6.20 Å². The molecule has 6 rings (SSSR count). The van der Waals surface area contributed by atoms with Gasteiger partial charge in [0.1, 0.15) is 11.9 Å². The first-order valence-electron chi connectivity index (χ1n) is 11.0. The molecule has 0 N–H and O–H groups in total. The molecule has 34 heavy (non-hydrogen) atoms. The lowest BCUT2D eigenvalue weighted by atomic mass is 9.94. The summed E-state index contributed by atoms with van der Waals surface area (Å²) in [6.07, 6.45) is 4.59. The number of hydrogen-bond donors (Lipinski definition) is 0. The molecule has 162 valence electrons. The number of hydrogen-bond acceptors (Lipinski definition) is 4. The van der Waals surface area contributed by atoms with E-state index in [4.69, 9.17) is 4.74 Å².